The molecule has 116 valence electrons. The second-order valence-corrected chi connectivity index (χ2v) is 7.00. The molecule has 2 heteroatoms. The first-order valence-corrected chi connectivity index (χ1v) is 8.60. The van der Waals surface area contributed by atoms with E-state index in [2.05, 4.69) is 37.4 Å². The second-order valence-electron chi connectivity index (χ2n) is 7.00. The fraction of sp³-hybridized carbons (Fsp3) is 0.684. The molecule has 1 N–H and O–H groups in total. The maximum absolute atomic E-state index is 5.42. The number of rotatable bonds is 6. The highest BCUT2D eigenvalue weighted by Crippen LogP contribution is 2.52. The molecule has 2 aliphatic carbocycles. The summed E-state index contributed by atoms with van der Waals surface area (Å²) in [5, 5.41) is 3.84. The summed E-state index contributed by atoms with van der Waals surface area (Å²) in [6.45, 7) is 5.52. The van der Waals surface area contributed by atoms with Crippen LogP contribution in [0.5, 0.6) is 5.75 Å². The summed E-state index contributed by atoms with van der Waals surface area (Å²) in [6.07, 6.45) is 7.03. The fourth-order valence-electron chi connectivity index (χ4n) is 4.61. The number of ether oxygens (including phenoxy) is 1. The van der Waals surface area contributed by atoms with Crippen molar-refractivity contribution >= 4 is 0 Å². The van der Waals surface area contributed by atoms with Gasteiger partial charge in [0.05, 0.1) is 7.11 Å². The van der Waals surface area contributed by atoms with Crippen molar-refractivity contribution in [3.8, 4) is 5.75 Å². The van der Waals surface area contributed by atoms with Gasteiger partial charge in [0.15, 0.2) is 0 Å². The normalized spacial score (nSPS) is 28.8. The molecule has 1 aromatic rings. The molecule has 2 bridgehead atoms. The third kappa shape index (κ3) is 2.96. The van der Waals surface area contributed by atoms with Crippen LogP contribution in [0.4, 0.5) is 0 Å². The van der Waals surface area contributed by atoms with Crippen LogP contribution in [0.15, 0.2) is 18.2 Å². The molecule has 21 heavy (non-hydrogen) atoms. The highest BCUT2D eigenvalue weighted by atomic mass is 16.5. The quantitative estimate of drug-likeness (QED) is 0.833. The lowest BCUT2D eigenvalue weighted by molar-refractivity contribution is 0.250. The van der Waals surface area contributed by atoms with Gasteiger partial charge in [-0.3, -0.25) is 0 Å². The molecule has 0 aromatic heterocycles. The fourth-order valence-corrected chi connectivity index (χ4v) is 4.61. The minimum Gasteiger partial charge on any atom is -0.496 e. The Labute approximate surface area is 129 Å². The zero-order chi connectivity index (χ0) is 14.8. The summed E-state index contributed by atoms with van der Waals surface area (Å²) in [5.41, 5.74) is 2.71. The number of aryl methyl sites for hydroxylation is 1. The average molecular weight is 287 g/mol. The van der Waals surface area contributed by atoms with Gasteiger partial charge in [-0.15, -0.1) is 0 Å². The van der Waals surface area contributed by atoms with E-state index in [1.165, 1.54) is 43.2 Å². The van der Waals surface area contributed by atoms with E-state index >= 15 is 0 Å². The van der Waals surface area contributed by atoms with E-state index in [0.717, 1.165) is 30.0 Å². The summed E-state index contributed by atoms with van der Waals surface area (Å²) >= 11 is 0. The van der Waals surface area contributed by atoms with E-state index in [1.807, 2.05) is 0 Å². The zero-order valence-electron chi connectivity index (χ0n) is 13.7. The van der Waals surface area contributed by atoms with Gasteiger partial charge in [0.2, 0.25) is 0 Å². The van der Waals surface area contributed by atoms with Gasteiger partial charge >= 0.3 is 0 Å². The van der Waals surface area contributed by atoms with Crippen molar-refractivity contribution in [2.45, 2.75) is 52.0 Å². The molecule has 2 nitrogen and oxygen atoms in total. The lowest BCUT2D eigenvalue weighted by Gasteiger charge is -2.32. The third-order valence-electron chi connectivity index (χ3n) is 5.61. The second kappa shape index (κ2) is 6.39. The maximum atomic E-state index is 5.42. The SMILES string of the molecule is CCCNC(c1ccc(OC)c(C)c1)C1CC2CCC1C2. The molecule has 0 radical (unpaired) electrons. The molecule has 0 aliphatic heterocycles. The molecule has 2 fully saturated rings. The Morgan fingerprint density at radius 1 is 1.29 bits per heavy atom. The maximum Gasteiger partial charge on any atom is 0.121 e. The Balaban J connectivity index is 1.83. The number of methoxy groups -OCH3 is 1. The van der Waals surface area contributed by atoms with Crippen molar-refractivity contribution in [3.63, 3.8) is 0 Å². The number of fused-ring (bicyclic) bond motifs is 2. The van der Waals surface area contributed by atoms with Crippen LogP contribution in [0.25, 0.3) is 0 Å². The van der Waals surface area contributed by atoms with Crippen LogP contribution < -0.4 is 10.1 Å². The van der Waals surface area contributed by atoms with Crippen LogP contribution in [0, 0.1) is 24.7 Å². The van der Waals surface area contributed by atoms with Gasteiger partial charge in [0.1, 0.15) is 5.75 Å². The monoisotopic (exact) mass is 287 g/mol. The number of hydrogen-bond donors (Lipinski definition) is 1. The minimum absolute atomic E-state index is 0.532. The van der Waals surface area contributed by atoms with E-state index < -0.39 is 0 Å². The summed E-state index contributed by atoms with van der Waals surface area (Å²) in [6, 6.07) is 7.27. The summed E-state index contributed by atoms with van der Waals surface area (Å²) < 4.78 is 5.42. The highest BCUT2D eigenvalue weighted by Gasteiger charge is 2.43. The average Bonchev–Trinajstić information content (AvgIpc) is 3.11. The van der Waals surface area contributed by atoms with Gasteiger partial charge in [-0.1, -0.05) is 25.5 Å². The van der Waals surface area contributed by atoms with Crippen molar-refractivity contribution in [3.05, 3.63) is 29.3 Å². The Morgan fingerprint density at radius 3 is 2.71 bits per heavy atom. The summed E-state index contributed by atoms with van der Waals surface area (Å²) in [4.78, 5) is 0. The van der Waals surface area contributed by atoms with Crippen molar-refractivity contribution < 1.29 is 4.74 Å². The first kappa shape index (κ1) is 14.9. The molecule has 2 aliphatic rings. The molecule has 0 amide bonds. The highest BCUT2D eigenvalue weighted by molar-refractivity contribution is 5.37. The third-order valence-corrected chi connectivity index (χ3v) is 5.61. The van der Waals surface area contributed by atoms with Crippen molar-refractivity contribution in [1.29, 1.82) is 0 Å². The predicted molar refractivity (Wildman–Crippen MR) is 87.7 cm³/mol. The Morgan fingerprint density at radius 2 is 2.14 bits per heavy atom. The smallest absolute Gasteiger partial charge is 0.121 e. The van der Waals surface area contributed by atoms with E-state index in [1.54, 1.807) is 7.11 Å². The van der Waals surface area contributed by atoms with E-state index in [4.69, 9.17) is 4.74 Å². The van der Waals surface area contributed by atoms with Gasteiger partial charge in [-0.2, -0.15) is 0 Å². The van der Waals surface area contributed by atoms with Crippen molar-refractivity contribution in [1.82, 2.24) is 5.32 Å². The van der Waals surface area contributed by atoms with E-state index in [-0.39, 0.29) is 0 Å². The van der Waals surface area contributed by atoms with Crippen LogP contribution >= 0.6 is 0 Å². The number of hydrogen-bond acceptors (Lipinski definition) is 2. The number of benzene rings is 1. The predicted octanol–water partition coefficient (Wildman–Crippen LogP) is 4.48. The van der Waals surface area contributed by atoms with E-state index in [0.29, 0.717) is 6.04 Å². The molecular weight excluding hydrogens is 258 g/mol. The van der Waals surface area contributed by atoms with Crippen LogP contribution in [-0.4, -0.2) is 13.7 Å². The molecule has 0 heterocycles. The standard InChI is InChI=1S/C19H29NO/c1-4-9-20-19(17-12-14-5-6-15(17)11-14)16-7-8-18(21-3)13(2)10-16/h7-8,10,14-15,17,19-20H,4-6,9,11-12H2,1-3H3. The van der Waals surface area contributed by atoms with Gasteiger partial charge in [-0.05, 0) is 74.1 Å². The molecule has 0 spiro atoms. The first-order valence-electron chi connectivity index (χ1n) is 8.60. The van der Waals surface area contributed by atoms with Gasteiger partial charge in [0.25, 0.3) is 0 Å². The largest absolute Gasteiger partial charge is 0.496 e. The molecular formula is C19H29NO. The van der Waals surface area contributed by atoms with Crippen molar-refractivity contribution in [2.75, 3.05) is 13.7 Å². The lowest BCUT2D eigenvalue weighted by atomic mass is 9.80. The molecule has 0 saturated heterocycles. The Bertz CT molecular complexity index is 484. The van der Waals surface area contributed by atoms with Crippen LogP contribution in [0.2, 0.25) is 0 Å². The summed E-state index contributed by atoms with van der Waals surface area (Å²) in [5.74, 6) is 3.79. The molecule has 4 unspecified atom stereocenters. The van der Waals surface area contributed by atoms with Crippen LogP contribution in [0.1, 0.15) is 56.2 Å². The first-order chi connectivity index (χ1) is 10.2. The van der Waals surface area contributed by atoms with Gasteiger partial charge < -0.3 is 10.1 Å². The van der Waals surface area contributed by atoms with Crippen LogP contribution in [0.3, 0.4) is 0 Å². The van der Waals surface area contributed by atoms with Gasteiger partial charge in [0, 0.05) is 6.04 Å². The molecule has 4 atom stereocenters. The minimum atomic E-state index is 0.532. The topological polar surface area (TPSA) is 21.3 Å². The molecule has 1 aromatic carbocycles. The molecule has 3 rings (SSSR count). The lowest BCUT2D eigenvalue weighted by Crippen LogP contribution is -2.32. The van der Waals surface area contributed by atoms with E-state index in [9.17, 15) is 0 Å². The Kier molecular flexibility index (Phi) is 4.54. The zero-order valence-corrected chi connectivity index (χ0v) is 13.7. The molecule has 2 saturated carbocycles. The van der Waals surface area contributed by atoms with Crippen LogP contribution in [-0.2, 0) is 0 Å². The number of nitrogens with one attached hydrogen (secondary N) is 1. The Hall–Kier alpha value is -1.02. The van der Waals surface area contributed by atoms with Crippen molar-refractivity contribution in [2.24, 2.45) is 17.8 Å². The summed E-state index contributed by atoms with van der Waals surface area (Å²) in [7, 11) is 1.75. The van der Waals surface area contributed by atoms with Gasteiger partial charge in [-0.25, -0.2) is 0 Å².